The van der Waals surface area contributed by atoms with Crippen molar-refractivity contribution in [2.24, 2.45) is 5.92 Å². The SMILES string of the molecule is CC(C)C1(C)CCc2c(Cl)ccc(O)c21. The molecule has 82 valence electrons. The van der Waals surface area contributed by atoms with E-state index in [-0.39, 0.29) is 5.41 Å². The van der Waals surface area contributed by atoms with Crippen LogP contribution in [0.2, 0.25) is 5.02 Å². The van der Waals surface area contributed by atoms with Gasteiger partial charge in [-0.2, -0.15) is 0 Å². The van der Waals surface area contributed by atoms with Crippen LogP contribution in [0.15, 0.2) is 12.1 Å². The third-order valence-corrected chi connectivity index (χ3v) is 4.33. The summed E-state index contributed by atoms with van der Waals surface area (Å²) in [6.45, 7) is 6.63. The van der Waals surface area contributed by atoms with Crippen molar-refractivity contribution in [1.82, 2.24) is 0 Å². The molecule has 0 aromatic heterocycles. The second-order valence-corrected chi connectivity index (χ2v) is 5.40. The molecule has 2 rings (SSSR count). The van der Waals surface area contributed by atoms with E-state index in [2.05, 4.69) is 20.8 Å². The van der Waals surface area contributed by atoms with Crippen LogP contribution in [0.4, 0.5) is 0 Å². The Bertz CT molecular complexity index is 398. The summed E-state index contributed by atoms with van der Waals surface area (Å²) in [5.41, 5.74) is 2.29. The third kappa shape index (κ3) is 1.45. The van der Waals surface area contributed by atoms with Crippen LogP contribution in [0.5, 0.6) is 5.75 Å². The molecule has 0 amide bonds. The molecule has 15 heavy (non-hydrogen) atoms. The predicted molar refractivity (Wildman–Crippen MR) is 63.6 cm³/mol. The average Bonchev–Trinajstić information content (AvgIpc) is 2.53. The fourth-order valence-electron chi connectivity index (χ4n) is 2.58. The van der Waals surface area contributed by atoms with Crippen molar-refractivity contribution >= 4 is 11.6 Å². The van der Waals surface area contributed by atoms with Gasteiger partial charge in [-0.1, -0.05) is 32.4 Å². The van der Waals surface area contributed by atoms with Crippen molar-refractivity contribution in [2.45, 2.75) is 39.0 Å². The fourth-order valence-corrected chi connectivity index (χ4v) is 2.83. The average molecular weight is 225 g/mol. The summed E-state index contributed by atoms with van der Waals surface area (Å²) in [5.74, 6) is 0.922. The number of fused-ring (bicyclic) bond motifs is 1. The summed E-state index contributed by atoms with van der Waals surface area (Å²) in [4.78, 5) is 0. The lowest BCUT2D eigenvalue weighted by Crippen LogP contribution is -2.25. The highest BCUT2D eigenvalue weighted by molar-refractivity contribution is 6.31. The van der Waals surface area contributed by atoms with Gasteiger partial charge in [0.2, 0.25) is 0 Å². The number of halogens is 1. The second-order valence-electron chi connectivity index (χ2n) is 4.99. The molecule has 0 heterocycles. The molecular formula is C13H17ClO. The zero-order chi connectivity index (χ0) is 11.2. The first kappa shape index (κ1) is 10.8. The third-order valence-electron chi connectivity index (χ3n) is 3.97. The van der Waals surface area contributed by atoms with Crippen LogP contribution in [0, 0.1) is 5.92 Å². The van der Waals surface area contributed by atoms with Gasteiger partial charge in [-0.15, -0.1) is 0 Å². The highest BCUT2D eigenvalue weighted by Gasteiger charge is 2.40. The lowest BCUT2D eigenvalue weighted by molar-refractivity contribution is 0.324. The smallest absolute Gasteiger partial charge is 0.119 e. The maximum Gasteiger partial charge on any atom is 0.119 e. The summed E-state index contributed by atoms with van der Waals surface area (Å²) < 4.78 is 0. The van der Waals surface area contributed by atoms with E-state index < -0.39 is 0 Å². The lowest BCUT2D eigenvalue weighted by atomic mass is 9.74. The first-order chi connectivity index (χ1) is 6.97. The summed E-state index contributed by atoms with van der Waals surface area (Å²) in [6.07, 6.45) is 2.06. The van der Waals surface area contributed by atoms with E-state index in [1.165, 1.54) is 0 Å². The van der Waals surface area contributed by atoms with Gasteiger partial charge in [0, 0.05) is 10.6 Å². The summed E-state index contributed by atoms with van der Waals surface area (Å²) in [6, 6.07) is 3.51. The Hall–Kier alpha value is -0.690. The molecule has 1 atom stereocenters. The van der Waals surface area contributed by atoms with Crippen LogP contribution in [0.3, 0.4) is 0 Å². The first-order valence-corrected chi connectivity index (χ1v) is 5.85. The van der Waals surface area contributed by atoms with Gasteiger partial charge in [-0.3, -0.25) is 0 Å². The van der Waals surface area contributed by atoms with E-state index in [0.717, 1.165) is 29.0 Å². The van der Waals surface area contributed by atoms with E-state index >= 15 is 0 Å². The second kappa shape index (κ2) is 3.41. The zero-order valence-electron chi connectivity index (χ0n) is 9.47. The maximum absolute atomic E-state index is 9.98. The molecule has 1 nitrogen and oxygen atoms in total. The van der Waals surface area contributed by atoms with Crippen molar-refractivity contribution < 1.29 is 5.11 Å². The summed E-state index contributed by atoms with van der Waals surface area (Å²) in [7, 11) is 0. The van der Waals surface area contributed by atoms with E-state index in [1.807, 2.05) is 0 Å². The van der Waals surface area contributed by atoms with Gasteiger partial charge in [0.25, 0.3) is 0 Å². The Balaban J connectivity index is 2.64. The molecule has 0 spiro atoms. The van der Waals surface area contributed by atoms with Crippen molar-refractivity contribution in [2.75, 3.05) is 0 Å². The Morgan fingerprint density at radius 1 is 1.40 bits per heavy atom. The van der Waals surface area contributed by atoms with E-state index in [4.69, 9.17) is 11.6 Å². The largest absolute Gasteiger partial charge is 0.508 e. The van der Waals surface area contributed by atoms with Crippen LogP contribution in [-0.4, -0.2) is 5.11 Å². The maximum atomic E-state index is 9.98. The van der Waals surface area contributed by atoms with Gasteiger partial charge in [0.05, 0.1) is 0 Å². The van der Waals surface area contributed by atoms with Crippen LogP contribution < -0.4 is 0 Å². The Labute approximate surface area is 96.1 Å². The molecule has 0 fully saturated rings. The molecular weight excluding hydrogens is 208 g/mol. The number of rotatable bonds is 1. The Morgan fingerprint density at radius 3 is 2.67 bits per heavy atom. The number of benzene rings is 1. The minimum absolute atomic E-state index is 0.0737. The molecule has 0 radical (unpaired) electrons. The van der Waals surface area contributed by atoms with Crippen LogP contribution in [0.1, 0.15) is 38.3 Å². The Morgan fingerprint density at radius 2 is 2.07 bits per heavy atom. The number of phenols is 1. The summed E-state index contributed by atoms with van der Waals surface area (Å²) >= 11 is 6.16. The van der Waals surface area contributed by atoms with Crippen LogP contribution in [0.25, 0.3) is 0 Å². The topological polar surface area (TPSA) is 20.2 Å². The predicted octanol–water partition coefficient (Wildman–Crippen LogP) is 3.91. The molecule has 1 aliphatic rings. The van der Waals surface area contributed by atoms with Crippen molar-refractivity contribution in [3.05, 3.63) is 28.3 Å². The molecule has 1 N–H and O–H groups in total. The van der Waals surface area contributed by atoms with Gasteiger partial charge in [-0.25, -0.2) is 0 Å². The Kier molecular flexibility index (Phi) is 2.46. The van der Waals surface area contributed by atoms with E-state index in [9.17, 15) is 5.11 Å². The van der Waals surface area contributed by atoms with Gasteiger partial charge < -0.3 is 5.11 Å². The molecule has 0 saturated heterocycles. The fraction of sp³-hybridized carbons (Fsp3) is 0.538. The molecule has 0 saturated carbocycles. The highest BCUT2D eigenvalue weighted by Crippen LogP contribution is 2.49. The molecule has 0 bridgehead atoms. The van der Waals surface area contributed by atoms with Crippen LogP contribution >= 0.6 is 11.6 Å². The number of hydrogen-bond acceptors (Lipinski definition) is 1. The highest BCUT2D eigenvalue weighted by atomic mass is 35.5. The quantitative estimate of drug-likeness (QED) is 0.767. The van der Waals surface area contributed by atoms with Crippen molar-refractivity contribution in [3.63, 3.8) is 0 Å². The van der Waals surface area contributed by atoms with Gasteiger partial charge in [-0.05, 0) is 41.9 Å². The van der Waals surface area contributed by atoms with Crippen LogP contribution in [-0.2, 0) is 11.8 Å². The summed E-state index contributed by atoms with van der Waals surface area (Å²) in [5, 5.41) is 10.8. The first-order valence-electron chi connectivity index (χ1n) is 5.47. The zero-order valence-corrected chi connectivity index (χ0v) is 10.2. The van der Waals surface area contributed by atoms with Gasteiger partial charge >= 0.3 is 0 Å². The number of phenolic OH excluding ortho intramolecular Hbond substituents is 1. The van der Waals surface area contributed by atoms with Gasteiger partial charge in [0.1, 0.15) is 5.75 Å². The van der Waals surface area contributed by atoms with Gasteiger partial charge in [0.15, 0.2) is 0 Å². The van der Waals surface area contributed by atoms with Crippen molar-refractivity contribution in [1.29, 1.82) is 0 Å². The molecule has 1 aromatic rings. The minimum Gasteiger partial charge on any atom is -0.508 e. The standard InChI is InChI=1S/C13H17ClO/c1-8(2)13(3)7-6-9-10(14)4-5-11(15)12(9)13/h4-5,8,15H,6-7H2,1-3H3. The molecule has 0 aliphatic heterocycles. The number of aromatic hydroxyl groups is 1. The van der Waals surface area contributed by atoms with E-state index in [0.29, 0.717) is 11.7 Å². The van der Waals surface area contributed by atoms with E-state index in [1.54, 1.807) is 12.1 Å². The monoisotopic (exact) mass is 224 g/mol. The normalized spacial score (nSPS) is 24.6. The molecule has 1 aromatic carbocycles. The van der Waals surface area contributed by atoms with Crippen molar-refractivity contribution in [3.8, 4) is 5.75 Å². The molecule has 1 aliphatic carbocycles. The molecule has 1 unspecified atom stereocenters. The minimum atomic E-state index is 0.0737. The molecule has 2 heteroatoms. The lowest BCUT2D eigenvalue weighted by Gasteiger charge is -2.30. The number of hydrogen-bond donors (Lipinski definition) is 1.